The second-order valence-electron chi connectivity index (χ2n) is 6.54. The number of β-amino-alcohol motifs (C(OH)–C–C–N with tert-alkyl or cyclic N) is 1. The van der Waals surface area contributed by atoms with Crippen molar-refractivity contribution < 1.29 is 19.4 Å². The van der Waals surface area contributed by atoms with E-state index < -0.39 is 0 Å². The molecule has 3 atom stereocenters. The molecule has 0 bridgehead atoms. The summed E-state index contributed by atoms with van der Waals surface area (Å²) in [7, 11) is 0. The van der Waals surface area contributed by atoms with Crippen LogP contribution in [0.3, 0.4) is 0 Å². The number of likely N-dealkylation sites (tertiary alicyclic amines) is 1. The number of rotatable bonds is 9. The molecule has 0 aromatic rings. The van der Waals surface area contributed by atoms with Crippen molar-refractivity contribution in [1.29, 1.82) is 0 Å². The van der Waals surface area contributed by atoms with Crippen molar-refractivity contribution in [3.8, 4) is 0 Å². The largest absolute Gasteiger partial charge is 0.465 e. The first-order valence-electron chi connectivity index (χ1n) is 9.33. The number of ether oxygens (including phenoxy) is 1. The van der Waals surface area contributed by atoms with E-state index in [1.165, 1.54) is 6.92 Å². The molecule has 0 radical (unpaired) electrons. The van der Waals surface area contributed by atoms with Crippen molar-refractivity contribution in [3.05, 3.63) is 12.2 Å². The van der Waals surface area contributed by atoms with Crippen LogP contribution in [-0.4, -0.2) is 53.7 Å². The van der Waals surface area contributed by atoms with Crippen LogP contribution >= 0.6 is 0 Å². The highest BCUT2D eigenvalue weighted by atomic mass is 16.5. The minimum absolute atomic E-state index is 0.124. The molecule has 1 saturated heterocycles. The van der Waals surface area contributed by atoms with Gasteiger partial charge in [-0.25, -0.2) is 0 Å². The number of unbranched alkanes of at least 4 members (excludes halogenated alkanes) is 2. The van der Waals surface area contributed by atoms with Crippen molar-refractivity contribution in [3.63, 3.8) is 0 Å². The van der Waals surface area contributed by atoms with Gasteiger partial charge in [0, 0.05) is 20.0 Å². The Kier molecular flexibility index (Phi) is 13.1. The van der Waals surface area contributed by atoms with E-state index in [4.69, 9.17) is 4.74 Å². The zero-order valence-electron chi connectivity index (χ0n) is 16.2. The van der Waals surface area contributed by atoms with Gasteiger partial charge in [0.2, 0.25) is 5.91 Å². The van der Waals surface area contributed by atoms with E-state index in [-0.39, 0.29) is 24.0 Å². The van der Waals surface area contributed by atoms with Crippen LogP contribution in [0.15, 0.2) is 12.2 Å². The first kappa shape index (κ1) is 23.6. The van der Waals surface area contributed by atoms with Gasteiger partial charge in [0.1, 0.15) is 6.04 Å². The van der Waals surface area contributed by atoms with Crippen LogP contribution in [0.25, 0.3) is 0 Å². The van der Waals surface area contributed by atoms with Gasteiger partial charge in [0.05, 0.1) is 12.7 Å². The number of carbonyl (C=O) groups excluding carboxylic acids is 2. The molecular weight excluding hydrogens is 320 g/mol. The maximum Gasteiger partial charge on any atom is 0.323 e. The van der Waals surface area contributed by atoms with Gasteiger partial charge in [-0.3, -0.25) is 14.5 Å². The van der Waals surface area contributed by atoms with Crippen molar-refractivity contribution in [2.24, 2.45) is 11.7 Å². The number of nitrogens with zero attached hydrogens (tertiary/aromatic N) is 1. The fourth-order valence-corrected chi connectivity index (χ4v) is 2.82. The van der Waals surface area contributed by atoms with Gasteiger partial charge < -0.3 is 15.6 Å². The summed E-state index contributed by atoms with van der Waals surface area (Å²) in [5, 5.41) is 9.87. The summed E-state index contributed by atoms with van der Waals surface area (Å²) in [6, 6.07) is -0.200. The summed E-state index contributed by atoms with van der Waals surface area (Å²) in [6.45, 7) is 9.30. The molecule has 6 nitrogen and oxygen atoms in total. The van der Waals surface area contributed by atoms with Gasteiger partial charge in [-0.1, -0.05) is 38.8 Å². The van der Waals surface area contributed by atoms with Gasteiger partial charge >= 0.3 is 5.97 Å². The number of allylic oxidation sites excluding steroid dienone is 1. The number of aliphatic hydroxyl groups excluding tert-OH is 1. The molecule has 1 unspecified atom stereocenters. The Balaban J connectivity index is 0.00000129. The summed E-state index contributed by atoms with van der Waals surface area (Å²) in [6.07, 6.45) is 8.48. The molecule has 0 saturated carbocycles. The number of carbonyl (C=O) groups is 2. The molecule has 0 aliphatic carbocycles. The van der Waals surface area contributed by atoms with Gasteiger partial charge in [0.15, 0.2) is 0 Å². The third kappa shape index (κ3) is 10.9. The number of aliphatic hydroxyl groups is 1. The van der Waals surface area contributed by atoms with Gasteiger partial charge in [-0.2, -0.15) is 0 Å². The van der Waals surface area contributed by atoms with Crippen LogP contribution in [0.2, 0.25) is 0 Å². The molecule has 1 fully saturated rings. The molecule has 1 aliphatic heterocycles. The number of amides is 1. The van der Waals surface area contributed by atoms with E-state index in [0.717, 1.165) is 32.2 Å². The highest BCUT2D eigenvalue weighted by molar-refractivity contribution is 5.76. The molecular formula is C19H36N2O4. The first-order valence-corrected chi connectivity index (χ1v) is 9.33. The standard InChI is InChI=1S/C17H31NO3.C2H5NO/c1-4-7-8-10-21-17(20)16-11-14(9-5-2)12-18(16)13-15(19)6-3;1-2(3)4/h5,9,14-16,19H,4,6-8,10-13H2,1-3H3;1H3,(H2,3,4)/t14-,15?,16-;/m1./s1. The second kappa shape index (κ2) is 13.8. The summed E-state index contributed by atoms with van der Waals surface area (Å²) in [4.78, 5) is 23.6. The topological polar surface area (TPSA) is 92.9 Å². The molecule has 25 heavy (non-hydrogen) atoms. The molecule has 0 aromatic carbocycles. The van der Waals surface area contributed by atoms with E-state index in [1.54, 1.807) is 0 Å². The first-order chi connectivity index (χ1) is 11.8. The second-order valence-corrected chi connectivity index (χ2v) is 6.54. The van der Waals surface area contributed by atoms with Crippen molar-refractivity contribution in [1.82, 2.24) is 4.90 Å². The number of hydrogen-bond donors (Lipinski definition) is 2. The van der Waals surface area contributed by atoms with Crippen molar-refractivity contribution >= 4 is 11.9 Å². The number of esters is 1. The molecule has 1 heterocycles. The number of hydrogen-bond acceptors (Lipinski definition) is 5. The molecule has 146 valence electrons. The van der Waals surface area contributed by atoms with Crippen LogP contribution in [-0.2, 0) is 14.3 Å². The fourth-order valence-electron chi connectivity index (χ4n) is 2.82. The monoisotopic (exact) mass is 356 g/mol. The Morgan fingerprint density at radius 3 is 2.52 bits per heavy atom. The van der Waals surface area contributed by atoms with Gasteiger partial charge in [0.25, 0.3) is 0 Å². The fraction of sp³-hybridized carbons (Fsp3) is 0.789. The average molecular weight is 357 g/mol. The highest BCUT2D eigenvalue weighted by Gasteiger charge is 2.37. The van der Waals surface area contributed by atoms with Crippen molar-refractivity contribution in [2.75, 3.05) is 19.7 Å². The maximum absolute atomic E-state index is 12.3. The highest BCUT2D eigenvalue weighted by Crippen LogP contribution is 2.26. The van der Waals surface area contributed by atoms with Crippen molar-refractivity contribution in [2.45, 2.75) is 71.9 Å². The van der Waals surface area contributed by atoms with E-state index in [0.29, 0.717) is 25.5 Å². The lowest BCUT2D eigenvalue weighted by atomic mass is 10.1. The Hall–Kier alpha value is -1.40. The Bertz CT molecular complexity index is 408. The van der Waals surface area contributed by atoms with Gasteiger partial charge in [-0.05, 0) is 32.1 Å². The van der Waals surface area contributed by atoms with Crippen LogP contribution in [0.1, 0.15) is 59.8 Å². The third-order valence-corrected chi connectivity index (χ3v) is 4.08. The maximum atomic E-state index is 12.3. The Labute approximate surface area is 152 Å². The minimum atomic E-state index is -0.371. The third-order valence-electron chi connectivity index (χ3n) is 4.08. The van der Waals surface area contributed by atoms with E-state index in [1.807, 2.05) is 19.9 Å². The van der Waals surface area contributed by atoms with Crippen LogP contribution in [0.4, 0.5) is 0 Å². The molecule has 1 aliphatic rings. The summed E-state index contributed by atoms with van der Waals surface area (Å²) >= 11 is 0. The molecule has 1 amide bonds. The molecule has 6 heteroatoms. The van der Waals surface area contributed by atoms with Crippen LogP contribution in [0, 0.1) is 5.92 Å². The molecule has 3 N–H and O–H groups in total. The smallest absolute Gasteiger partial charge is 0.323 e. The number of primary amides is 1. The molecule has 0 aromatic heterocycles. The Morgan fingerprint density at radius 2 is 2.00 bits per heavy atom. The zero-order valence-corrected chi connectivity index (χ0v) is 16.2. The van der Waals surface area contributed by atoms with Crippen LogP contribution in [0.5, 0.6) is 0 Å². The minimum Gasteiger partial charge on any atom is -0.465 e. The lowest BCUT2D eigenvalue weighted by Gasteiger charge is -2.24. The lowest BCUT2D eigenvalue weighted by molar-refractivity contribution is -0.149. The van der Waals surface area contributed by atoms with Gasteiger partial charge in [-0.15, -0.1) is 0 Å². The Morgan fingerprint density at radius 1 is 1.36 bits per heavy atom. The number of nitrogens with two attached hydrogens (primary N) is 1. The van der Waals surface area contributed by atoms with E-state index >= 15 is 0 Å². The molecule has 1 rings (SSSR count). The van der Waals surface area contributed by atoms with E-state index in [2.05, 4.69) is 23.6 Å². The summed E-state index contributed by atoms with van der Waals surface area (Å²) in [5.41, 5.74) is 4.47. The predicted molar refractivity (Wildman–Crippen MR) is 99.9 cm³/mol. The average Bonchev–Trinajstić information content (AvgIpc) is 2.93. The lowest BCUT2D eigenvalue weighted by Crippen LogP contribution is -2.41. The zero-order chi connectivity index (χ0) is 19.2. The summed E-state index contributed by atoms with van der Waals surface area (Å²) < 4.78 is 5.41. The quantitative estimate of drug-likeness (QED) is 0.375. The SMILES string of the molecule is CC(N)=O.CC=C[C@@H]1C[C@H](C(=O)OCCCCC)N(CC(O)CC)C1. The van der Waals surface area contributed by atoms with E-state index in [9.17, 15) is 14.7 Å². The summed E-state index contributed by atoms with van der Waals surface area (Å²) in [5.74, 6) is -0.0753. The van der Waals surface area contributed by atoms with Crippen LogP contribution < -0.4 is 5.73 Å². The normalized spacial score (nSPS) is 21.6. The predicted octanol–water partition coefficient (Wildman–Crippen LogP) is 2.25. The molecule has 0 spiro atoms.